The van der Waals surface area contributed by atoms with E-state index >= 15 is 0 Å². The van der Waals surface area contributed by atoms with Crippen LogP contribution in [-0.4, -0.2) is 24.1 Å². The van der Waals surface area contributed by atoms with Crippen molar-refractivity contribution in [2.75, 3.05) is 0 Å². The molecule has 3 nitrogen and oxygen atoms in total. The van der Waals surface area contributed by atoms with Gasteiger partial charge in [-0.25, -0.2) is 0 Å². The molecule has 0 unspecified atom stereocenters. The summed E-state index contributed by atoms with van der Waals surface area (Å²) in [5, 5.41) is 0. The lowest BCUT2D eigenvalue weighted by Gasteiger charge is -2.32. The Morgan fingerprint density at radius 2 is 1.60 bits per heavy atom. The molecule has 0 bridgehead atoms. The molecule has 0 spiro atoms. The van der Waals surface area contributed by atoms with Crippen LogP contribution in [0.5, 0.6) is 0 Å². The molecule has 2 rings (SSSR count). The van der Waals surface area contributed by atoms with E-state index in [1.54, 1.807) is 0 Å². The minimum Gasteiger partial charge on any atom is -0.403 e. The highest BCUT2D eigenvalue weighted by molar-refractivity contribution is 6.47. The molecular weight excluding hydrogens is 251 g/mol. The summed E-state index contributed by atoms with van der Waals surface area (Å²) >= 11 is 0. The summed E-state index contributed by atoms with van der Waals surface area (Å²) in [4.78, 5) is 12.2. The molecule has 0 aliphatic carbocycles. The van der Waals surface area contributed by atoms with Crippen LogP contribution in [0.2, 0.25) is 5.82 Å². The number of hydrogen-bond acceptors (Lipinski definition) is 3. The van der Waals surface area contributed by atoms with Gasteiger partial charge in [0.05, 0.1) is 11.2 Å². The van der Waals surface area contributed by atoms with Crippen LogP contribution in [0.15, 0.2) is 30.3 Å². The van der Waals surface area contributed by atoms with Crippen molar-refractivity contribution in [1.29, 1.82) is 0 Å². The fourth-order valence-electron chi connectivity index (χ4n) is 2.25. The molecule has 0 aromatic heterocycles. The maximum atomic E-state index is 12.2. The van der Waals surface area contributed by atoms with E-state index in [0.29, 0.717) is 6.42 Å². The van der Waals surface area contributed by atoms with E-state index in [1.165, 1.54) is 0 Å². The Labute approximate surface area is 121 Å². The average Bonchev–Trinajstić information content (AvgIpc) is 2.59. The molecule has 1 aliphatic rings. The Bertz CT molecular complexity index is 466. The number of carbonyl (C=O) groups excluding carboxylic acids is 1. The van der Waals surface area contributed by atoms with Crippen molar-refractivity contribution in [1.82, 2.24) is 0 Å². The second-order valence-electron chi connectivity index (χ2n) is 6.60. The zero-order valence-corrected chi connectivity index (χ0v) is 13.0. The highest BCUT2D eigenvalue weighted by atomic mass is 16.7. The quantitative estimate of drug-likeness (QED) is 0.619. The molecule has 0 amide bonds. The van der Waals surface area contributed by atoms with Crippen LogP contribution < -0.4 is 0 Å². The standard InChI is InChI=1S/C16H23BO3/c1-12(11-14(18)13-9-7-6-8-10-13)17-19-15(2,3)16(4,5)20-17/h6-10,12H,11H2,1-5H3/t12-/m0/s1. The zero-order valence-electron chi connectivity index (χ0n) is 13.0. The molecule has 1 atom stereocenters. The third-order valence-electron chi connectivity index (χ3n) is 4.34. The molecule has 1 aromatic rings. The summed E-state index contributed by atoms with van der Waals surface area (Å²) < 4.78 is 12.0. The van der Waals surface area contributed by atoms with E-state index < -0.39 is 0 Å². The molecule has 108 valence electrons. The fourth-order valence-corrected chi connectivity index (χ4v) is 2.25. The van der Waals surface area contributed by atoms with E-state index in [9.17, 15) is 4.79 Å². The van der Waals surface area contributed by atoms with Gasteiger partial charge in [-0.3, -0.25) is 4.79 Å². The van der Waals surface area contributed by atoms with Gasteiger partial charge in [-0.15, -0.1) is 0 Å². The van der Waals surface area contributed by atoms with Crippen LogP contribution in [-0.2, 0) is 9.31 Å². The summed E-state index contributed by atoms with van der Waals surface area (Å²) in [6.07, 6.45) is 0.431. The van der Waals surface area contributed by atoms with Crippen LogP contribution in [0.3, 0.4) is 0 Å². The lowest BCUT2D eigenvalue weighted by Crippen LogP contribution is -2.41. The first-order valence-corrected chi connectivity index (χ1v) is 7.17. The van der Waals surface area contributed by atoms with Crippen molar-refractivity contribution in [3.63, 3.8) is 0 Å². The van der Waals surface area contributed by atoms with Gasteiger partial charge in [-0.1, -0.05) is 37.3 Å². The van der Waals surface area contributed by atoms with E-state index in [4.69, 9.17) is 9.31 Å². The van der Waals surface area contributed by atoms with Gasteiger partial charge in [-0.2, -0.15) is 0 Å². The van der Waals surface area contributed by atoms with E-state index in [1.807, 2.05) is 65.0 Å². The van der Waals surface area contributed by atoms with Gasteiger partial charge in [0.1, 0.15) is 0 Å². The largest absolute Gasteiger partial charge is 0.461 e. The first kappa shape index (κ1) is 15.3. The van der Waals surface area contributed by atoms with Gasteiger partial charge < -0.3 is 9.31 Å². The van der Waals surface area contributed by atoms with Crippen molar-refractivity contribution >= 4 is 12.9 Å². The van der Waals surface area contributed by atoms with Gasteiger partial charge in [0.15, 0.2) is 5.78 Å². The summed E-state index contributed by atoms with van der Waals surface area (Å²) in [5.41, 5.74) is 0.0551. The lowest BCUT2D eigenvalue weighted by atomic mass is 9.70. The summed E-state index contributed by atoms with van der Waals surface area (Å²) in [6, 6.07) is 9.37. The molecule has 1 fully saturated rings. The smallest absolute Gasteiger partial charge is 0.403 e. The molecule has 1 aromatic carbocycles. The number of carbonyl (C=O) groups is 1. The van der Waals surface area contributed by atoms with Crippen molar-refractivity contribution in [3.05, 3.63) is 35.9 Å². The predicted octanol–water partition coefficient (Wildman–Crippen LogP) is 3.74. The second kappa shape index (κ2) is 5.34. The first-order chi connectivity index (χ1) is 9.23. The SMILES string of the molecule is C[C@@H](CC(=O)c1ccccc1)B1OC(C)(C)C(C)(C)O1. The molecule has 1 aliphatic heterocycles. The maximum absolute atomic E-state index is 12.2. The normalized spacial score (nSPS) is 21.8. The van der Waals surface area contributed by atoms with Gasteiger partial charge in [0, 0.05) is 12.0 Å². The van der Waals surface area contributed by atoms with Crippen LogP contribution >= 0.6 is 0 Å². The van der Waals surface area contributed by atoms with Crippen LogP contribution in [0.1, 0.15) is 51.4 Å². The lowest BCUT2D eigenvalue weighted by molar-refractivity contribution is 0.00578. The Hall–Kier alpha value is -1.13. The summed E-state index contributed by atoms with van der Waals surface area (Å²) in [7, 11) is -0.326. The third-order valence-corrected chi connectivity index (χ3v) is 4.34. The molecular formula is C16H23BO3. The van der Waals surface area contributed by atoms with E-state index in [-0.39, 0.29) is 29.9 Å². The molecule has 0 radical (unpaired) electrons. The average molecular weight is 274 g/mol. The summed E-state index contributed by atoms with van der Waals surface area (Å²) in [6.45, 7) is 10.1. The highest BCUT2D eigenvalue weighted by Crippen LogP contribution is 2.40. The molecule has 20 heavy (non-hydrogen) atoms. The van der Waals surface area contributed by atoms with Crippen LogP contribution in [0.25, 0.3) is 0 Å². The van der Waals surface area contributed by atoms with E-state index in [0.717, 1.165) is 5.56 Å². The Morgan fingerprint density at radius 1 is 1.10 bits per heavy atom. The topological polar surface area (TPSA) is 35.5 Å². The molecule has 0 N–H and O–H groups in total. The number of hydrogen-bond donors (Lipinski definition) is 0. The zero-order chi connectivity index (χ0) is 15.0. The Morgan fingerprint density at radius 3 is 2.10 bits per heavy atom. The van der Waals surface area contributed by atoms with Gasteiger partial charge >= 0.3 is 7.12 Å². The van der Waals surface area contributed by atoms with Crippen molar-refractivity contribution in [3.8, 4) is 0 Å². The second-order valence-corrected chi connectivity index (χ2v) is 6.60. The maximum Gasteiger partial charge on any atom is 0.461 e. The van der Waals surface area contributed by atoms with Gasteiger partial charge in [0.2, 0.25) is 0 Å². The number of rotatable bonds is 4. The summed E-state index contributed by atoms with van der Waals surface area (Å²) in [5.74, 6) is 0.163. The third kappa shape index (κ3) is 2.96. The monoisotopic (exact) mass is 274 g/mol. The predicted molar refractivity (Wildman–Crippen MR) is 80.9 cm³/mol. The fraction of sp³-hybridized carbons (Fsp3) is 0.562. The van der Waals surface area contributed by atoms with Crippen molar-refractivity contribution in [2.45, 2.75) is 58.1 Å². The number of Topliss-reactive ketones (excluding diaryl/α,β-unsaturated/α-hetero) is 1. The highest BCUT2D eigenvalue weighted by Gasteiger charge is 2.52. The minimum atomic E-state index is -0.346. The number of benzene rings is 1. The van der Waals surface area contributed by atoms with Crippen LogP contribution in [0, 0.1) is 0 Å². The van der Waals surface area contributed by atoms with Gasteiger partial charge in [-0.05, 0) is 33.5 Å². The van der Waals surface area contributed by atoms with Crippen LogP contribution in [0.4, 0.5) is 0 Å². The number of ketones is 1. The van der Waals surface area contributed by atoms with E-state index in [2.05, 4.69) is 0 Å². The molecule has 0 saturated carbocycles. The Balaban J connectivity index is 2.00. The first-order valence-electron chi connectivity index (χ1n) is 7.17. The molecule has 1 saturated heterocycles. The van der Waals surface area contributed by atoms with Crippen molar-refractivity contribution < 1.29 is 14.1 Å². The molecule has 1 heterocycles. The van der Waals surface area contributed by atoms with Gasteiger partial charge in [0.25, 0.3) is 0 Å². The van der Waals surface area contributed by atoms with Crippen molar-refractivity contribution in [2.24, 2.45) is 0 Å². The molecule has 4 heteroatoms. The minimum absolute atomic E-state index is 0.0313. The Kier molecular flexibility index (Phi) is 4.08.